The van der Waals surface area contributed by atoms with Crippen molar-refractivity contribution in [2.24, 2.45) is 5.92 Å². The van der Waals surface area contributed by atoms with Crippen LogP contribution in [-0.2, 0) is 33.6 Å². The van der Waals surface area contributed by atoms with Crippen LogP contribution in [0.5, 0.6) is 11.5 Å². The number of carboxylic acid groups (broad SMARTS) is 1. The summed E-state index contributed by atoms with van der Waals surface area (Å²) in [6.07, 6.45) is 3.40. The van der Waals surface area contributed by atoms with E-state index in [0.29, 0.717) is 37.9 Å². The molecule has 0 bridgehead atoms. The van der Waals surface area contributed by atoms with Gasteiger partial charge in [-0.25, -0.2) is 0 Å². The molecule has 0 spiro atoms. The van der Waals surface area contributed by atoms with Crippen LogP contribution in [-0.4, -0.2) is 61.9 Å². The number of carbonyl (C=O) groups is 2. The fourth-order valence-electron chi connectivity index (χ4n) is 6.49. The molecule has 3 aromatic rings. The Labute approximate surface area is 254 Å². The van der Waals surface area contributed by atoms with Crippen LogP contribution in [0.1, 0.15) is 60.0 Å². The molecule has 0 aromatic heterocycles. The second-order valence-electron chi connectivity index (χ2n) is 11.3. The first-order valence-corrected chi connectivity index (χ1v) is 15.3. The SMILES string of the molecule is CCc1cccc(CC)c1NC(=O)CN1C[C@H](c2ccc3c(c2)OCCO3)C(C(=O)O)[C@@H]1c1ccc(CCCOC)cc1. The molecule has 0 aliphatic carbocycles. The summed E-state index contributed by atoms with van der Waals surface area (Å²) >= 11 is 0. The maximum Gasteiger partial charge on any atom is 0.309 e. The highest BCUT2D eigenvalue weighted by Gasteiger charge is 2.48. The molecule has 2 heterocycles. The zero-order valence-electron chi connectivity index (χ0n) is 25.3. The summed E-state index contributed by atoms with van der Waals surface area (Å²) < 4.78 is 16.7. The number of nitrogens with zero attached hydrogens (tertiary/aromatic N) is 1. The third-order valence-corrected chi connectivity index (χ3v) is 8.62. The second kappa shape index (κ2) is 14.1. The molecule has 5 rings (SSSR count). The lowest BCUT2D eigenvalue weighted by Crippen LogP contribution is -2.35. The van der Waals surface area contributed by atoms with Gasteiger partial charge in [0.1, 0.15) is 13.2 Å². The van der Waals surface area contributed by atoms with Crippen molar-refractivity contribution < 1.29 is 28.9 Å². The van der Waals surface area contributed by atoms with E-state index in [-0.39, 0.29) is 18.4 Å². The topological polar surface area (TPSA) is 97.3 Å². The lowest BCUT2D eigenvalue weighted by Gasteiger charge is -2.27. The van der Waals surface area contributed by atoms with Crippen LogP contribution in [0.25, 0.3) is 0 Å². The van der Waals surface area contributed by atoms with Gasteiger partial charge < -0.3 is 24.6 Å². The molecule has 1 fully saturated rings. The average molecular weight is 587 g/mol. The van der Waals surface area contributed by atoms with Crippen LogP contribution in [0.15, 0.2) is 60.7 Å². The number of aryl methyl sites for hydroxylation is 3. The summed E-state index contributed by atoms with van der Waals surface area (Å²) in [5, 5.41) is 13.8. The number of amides is 1. The van der Waals surface area contributed by atoms with Gasteiger partial charge in [-0.3, -0.25) is 14.5 Å². The summed E-state index contributed by atoms with van der Waals surface area (Å²) in [5.41, 5.74) is 5.97. The van der Waals surface area contributed by atoms with Crippen molar-refractivity contribution in [3.05, 3.63) is 88.5 Å². The van der Waals surface area contributed by atoms with Crippen LogP contribution in [0, 0.1) is 5.92 Å². The average Bonchev–Trinajstić information content (AvgIpc) is 3.40. The third kappa shape index (κ3) is 6.86. The zero-order chi connectivity index (χ0) is 30.3. The van der Waals surface area contributed by atoms with E-state index in [9.17, 15) is 14.7 Å². The van der Waals surface area contributed by atoms with E-state index in [1.807, 2.05) is 53.4 Å². The molecule has 1 saturated heterocycles. The Morgan fingerprint density at radius 1 is 0.953 bits per heavy atom. The zero-order valence-corrected chi connectivity index (χ0v) is 25.3. The fourth-order valence-corrected chi connectivity index (χ4v) is 6.49. The van der Waals surface area contributed by atoms with Gasteiger partial charge in [-0.15, -0.1) is 0 Å². The number of fused-ring (bicyclic) bond motifs is 1. The quantitative estimate of drug-likeness (QED) is 0.265. The smallest absolute Gasteiger partial charge is 0.309 e. The monoisotopic (exact) mass is 586 g/mol. The van der Waals surface area contributed by atoms with Gasteiger partial charge in [0.2, 0.25) is 5.91 Å². The van der Waals surface area contributed by atoms with Crippen LogP contribution >= 0.6 is 0 Å². The Bertz CT molecular complexity index is 1400. The molecular weight excluding hydrogens is 544 g/mol. The van der Waals surface area contributed by atoms with Gasteiger partial charge in [0.15, 0.2) is 11.5 Å². The molecule has 0 saturated carbocycles. The first-order chi connectivity index (χ1) is 20.9. The standard InChI is InChI=1S/C35H42N2O6/c1-4-24-9-6-10-25(5-2)33(24)36-31(38)22-37-21-28(27-15-16-29-30(20-27)43-19-18-42-29)32(35(39)40)34(37)26-13-11-23(12-14-26)8-7-17-41-3/h6,9-16,20,28,32,34H,4-5,7-8,17-19,21-22H2,1-3H3,(H,36,38)(H,39,40)/t28-,32?,34+/m1/s1. The summed E-state index contributed by atoms with van der Waals surface area (Å²) in [7, 11) is 1.70. The van der Waals surface area contributed by atoms with Gasteiger partial charge in [-0.05, 0) is 65.6 Å². The maximum atomic E-state index is 13.6. The Morgan fingerprint density at radius 3 is 2.28 bits per heavy atom. The van der Waals surface area contributed by atoms with Crippen LogP contribution < -0.4 is 14.8 Å². The Kier molecular flexibility index (Phi) is 10.00. The number of ether oxygens (including phenoxy) is 3. The van der Waals surface area contributed by atoms with Crippen molar-refractivity contribution in [2.75, 3.05) is 45.3 Å². The first kappa shape index (κ1) is 30.6. The van der Waals surface area contributed by atoms with Gasteiger partial charge in [-0.1, -0.05) is 62.4 Å². The first-order valence-electron chi connectivity index (χ1n) is 15.3. The lowest BCUT2D eigenvalue weighted by molar-refractivity contribution is -0.143. The minimum Gasteiger partial charge on any atom is -0.486 e. The molecule has 2 aliphatic heterocycles. The largest absolute Gasteiger partial charge is 0.486 e. The van der Waals surface area contributed by atoms with E-state index in [2.05, 4.69) is 31.3 Å². The second-order valence-corrected chi connectivity index (χ2v) is 11.3. The van der Waals surface area contributed by atoms with E-state index in [1.165, 1.54) is 5.56 Å². The minimum absolute atomic E-state index is 0.0757. The number of anilines is 1. The van der Waals surface area contributed by atoms with E-state index < -0.39 is 17.9 Å². The van der Waals surface area contributed by atoms with Crippen LogP contribution in [0.4, 0.5) is 5.69 Å². The summed E-state index contributed by atoms with van der Waals surface area (Å²) in [6, 6.07) is 19.5. The molecule has 1 unspecified atom stereocenters. The van der Waals surface area contributed by atoms with Crippen molar-refractivity contribution in [1.82, 2.24) is 4.90 Å². The molecular formula is C35H42N2O6. The van der Waals surface area contributed by atoms with Gasteiger partial charge in [-0.2, -0.15) is 0 Å². The van der Waals surface area contributed by atoms with E-state index in [0.717, 1.165) is 53.6 Å². The predicted molar refractivity (Wildman–Crippen MR) is 166 cm³/mol. The Morgan fingerprint density at radius 2 is 1.63 bits per heavy atom. The highest BCUT2D eigenvalue weighted by molar-refractivity contribution is 5.94. The normalized spacial score (nSPS) is 19.7. The van der Waals surface area contributed by atoms with Gasteiger partial charge >= 0.3 is 5.97 Å². The van der Waals surface area contributed by atoms with E-state index >= 15 is 0 Å². The number of para-hydroxylation sites is 1. The van der Waals surface area contributed by atoms with Crippen molar-refractivity contribution in [1.29, 1.82) is 0 Å². The number of aliphatic carboxylic acids is 1. The molecule has 228 valence electrons. The molecule has 3 atom stereocenters. The van der Waals surface area contributed by atoms with Crippen LogP contribution in [0.3, 0.4) is 0 Å². The number of rotatable bonds is 12. The maximum absolute atomic E-state index is 13.6. The predicted octanol–water partition coefficient (Wildman–Crippen LogP) is 5.64. The van der Waals surface area contributed by atoms with Crippen molar-refractivity contribution in [2.45, 2.75) is 51.5 Å². The van der Waals surface area contributed by atoms with Crippen molar-refractivity contribution in [3.8, 4) is 11.5 Å². The van der Waals surface area contributed by atoms with E-state index in [4.69, 9.17) is 14.2 Å². The lowest BCUT2D eigenvalue weighted by atomic mass is 9.82. The fraction of sp³-hybridized carbons (Fsp3) is 0.429. The molecule has 0 radical (unpaired) electrons. The minimum atomic E-state index is -0.887. The summed E-state index contributed by atoms with van der Waals surface area (Å²) in [6.45, 7) is 6.28. The molecule has 8 nitrogen and oxygen atoms in total. The van der Waals surface area contributed by atoms with Crippen molar-refractivity contribution in [3.63, 3.8) is 0 Å². The van der Waals surface area contributed by atoms with Gasteiger partial charge in [0.25, 0.3) is 0 Å². The Hall–Kier alpha value is -3.88. The van der Waals surface area contributed by atoms with Crippen molar-refractivity contribution >= 4 is 17.6 Å². The molecule has 8 heteroatoms. The number of methoxy groups -OCH3 is 1. The summed E-state index contributed by atoms with van der Waals surface area (Å²) in [4.78, 5) is 28.7. The number of hydrogen-bond acceptors (Lipinski definition) is 6. The number of carbonyl (C=O) groups excluding carboxylic acids is 1. The number of nitrogens with one attached hydrogen (secondary N) is 1. The number of likely N-dealkylation sites (tertiary alicyclic amines) is 1. The number of benzene rings is 3. The highest BCUT2D eigenvalue weighted by Crippen LogP contribution is 2.47. The number of carboxylic acids is 1. The molecule has 1 amide bonds. The van der Waals surface area contributed by atoms with Gasteiger partial charge in [0.05, 0.1) is 12.5 Å². The highest BCUT2D eigenvalue weighted by atomic mass is 16.6. The molecule has 2 N–H and O–H groups in total. The molecule has 2 aliphatic rings. The summed E-state index contributed by atoms with van der Waals surface area (Å²) in [5.74, 6) is -0.849. The molecule has 3 aromatic carbocycles. The van der Waals surface area contributed by atoms with Gasteiger partial charge in [0, 0.05) is 37.9 Å². The number of hydrogen-bond donors (Lipinski definition) is 2. The van der Waals surface area contributed by atoms with E-state index in [1.54, 1.807) is 7.11 Å². The van der Waals surface area contributed by atoms with Crippen LogP contribution in [0.2, 0.25) is 0 Å². The molecule has 43 heavy (non-hydrogen) atoms. The third-order valence-electron chi connectivity index (χ3n) is 8.62. The Balaban J connectivity index is 1.46.